The summed E-state index contributed by atoms with van der Waals surface area (Å²) in [5.41, 5.74) is 2.15. The number of aryl methyl sites for hydroxylation is 1. The summed E-state index contributed by atoms with van der Waals surface area (Å²) in [7, 11) is 0. The molecule has 0 amide bonds. The molecular weight excluding hydrogens is 190 g/mol. The van der Waals surface area contributed by atoms with Gasteiger partial charge in [-0.15, -0.1) is 0 Å². The van der Waals surface area contributed by atoms with Crippen LogP contribution in [0, 0.1) is 11.3 Å². The van der Waals surface area contributed by atoms with E-state index in [2.05, 4.69) is 0 Å². The van der Waals surface area contributed by atoms with Gasteiger partial charge in [0.15, 0.2) is 6.61 Å². The van der Waals surface area contributed by atoms with Gasteiger partial charge in [0, 0.05) is 0 Å². The van der Waals surface area contributed by atoms with Crippen molar-refractivity contribution in [1.29, 1.82) is 5.26 Å². The van der Waals surface area contributed by atoms with E-state index in [1.165, 1.54) is 5.56 Å². The van der Waals surface area contributed by atoms with Crippen LogP contribution in [0.2, 0.25) is 0 Å². The van der Waals surface area contributed by atoms with Crippen molar-refractivity contribution in [2.75, 3.05) is 6.61 Å². The molecule has 0 unspecified atom stereocenters. The van der Waals surface area contributed by atoms with Gasteiger partial charge in [0.05, 0.1) is 6.10 Å². The highest BCUT2D eigenvalue weighted by Gasteiger charge is 2.18. The highest BCUT2D eigenvalue weighted by molar-refractivity contribution is 5.38. The smallest absolute Gasteiger partial charge is 0.174 e. The van der Waals surface area contributed by atoms with Gasteiger partial charge in [0.25, 0.3) is 0 Å². The number of rotatable bonds is 2. The third kappa shape index (κ3) is 2.11. The third-order valence-corrected chi connectivity index (χ3v) is 2.70. The summed E-state index contributed by atoms with van der Waals surface area (Å²) in [6.45, 7) is 0.0505. The first-order valence-electron chi connectivity index (χ1n) is 5.12. The molecule has 0 saturated carbocycles. The molecular formula is C12H13NO2. The second kappa shape index (κ2) is 4.33. The molecule has 2 rings (SSSR count). The fraction of sp³-hybridized carbons (Fsp3) is 0.417. The summed E-state index contributed by atoms with van der Waals surface area (Å²) in [5.74, 6) is 0.663. The zero-order valence-electron chi connectivity index (χ0n) is 8.44. The minimum atomic E-state index is -0.376. The molecule has 78 valence electrons. The highest BCUT2D eigenvalue weighted by atomic mass is 16.5. The van der Waals surface area contributed by atoms with E-state index in [0.29, 0.717) is 5.75 Å². The quantitative estimate of drug-likeness (QED) is 0.799. The van der Waals surface area contributed by atoms with Crippen molar-refractivity contribution in [3.8, 4) is 11.8 Å². The van der Waals surface area contributed by atoms with Crippen LogP contribution in [-0.4, -0.2) is 11.7 Å². The van der Waals surface area contributed by atoms with Gasteiger partial charge >= 0.3 is 0 Å². The number of hydrogen-bond acceptors (Lipinski definition) is 3. The van der Waals surface area contributed by atoms with E-state index >= 15 is 0 Å². The molecule has 0 aromatic heterocycles. The number of aliphatic hydroxyl groups is 1. The summed E-state index contributed by atoms with van der Waals surface area (Å²) in [6, 6.07) is 7.60. The minimum absolute atomic E-state index is 0.0505. The highest BCUT2D eigenvalue weighted by Crippen LogP contribution is 2.32. The molecule has 1 aliphatic rings. The van der Waals surface area contributed by atoms with Gasteiger partial charge in [0.2, 0.25) is 0 Å². The van der Waals surface area contributed by atoms with Crippen LogP contribution in [0.4, 0.5) is 0 Å². The Morgan fingerprint density at radius 2 is 2.40 bits per heavy atom. The standard InChI is InChI=1S/C12H13NO2/c13-6-7-15-10-5-4-9-2-1-3-12(14)11(9)8-10/h4-5,8,12,14H,1-3,7H2/t12-/m0/s1. The molecule has 0 spiro atoms. The van der Waals surface area contributed by atoms with Crippen LogP contribution in [0.15, 0.2) is 18.2 Å². The number of ether oxygens (including phenoxy) is 1. The lowest BCUT2D eigenvalue weighted by Gasteiger charge is -2.21. The molecule has 0 aliphatic heterocycles. The molecule has 1 aromatic carbocycles. The van der Waals surface area contributed by atoms with E-state index < -0.39 is 0 Å². The van der Waals surface area contributed by atoms with Crippen molar-refractivity contribution >= 4 is 0 Å². The molecule has 1 atom stereocenters. The normalized spacial score (nSPS) is 19.1. The van der Waals surface area contributed by atoms with Gasteiger partial charge < -0.3 is 9.84 Å². The Kier molecular flexibility index (Phi) is 2.89. The number of nitrogens with zero attached hydrogens (tertiary/aromatic N) is 1. The predicted octanol–water partition coefficient (Wildman–Crippen LogP) is 1.96. The predicted molar refractivity (Wildman–Crippen MR) is 55.4 cm³/mol. The molecule has 3 heteroatoms. The number of hydrogen-bond donors (Lipinski definition) is 1. The van der Waals surface area contributed by atoms with Crippen molar-refractivity contribution < 1.29 is 9.84 Å². The van der Waals surface area contributed by atoms with E-state index in [1.807, 2.05) is 24.3 Å². The van der Waals surface area contributed by atoms with E-state index in [1.54, 1.807) is 0 Å². The fourth-order valence-electron chi connectivity index (χ4n) is 1.96. The van der Waals surface area contributed by atoms with Crippen LogP contribution in [0.25, 0.3) is 0 Å². The zero-order valence-corrected chi connectivity index (χ0v) is 8.44. The summed E-state index contributed by atoms with van der Waals surface area (Å²) < 4.78 is 5.20. The molecule has 1 N–H and O–H groups in total. The summed E-state index contributed by atoms with van der Waals surface area (Å²) in [5, 5.41) is 18.2. The number of benzene rings is 1. The summed E-state index contributed by atoms with van der Waals surface area (Å²) in [6.07, 6.45) is 2.49. The number of fused-ring (bicyclic) bond motifs is 1. The fourth-order valence-corrected chi connectivity index (χ4v) is 1.96. The monoisotopic (exact) mass is 203 g/mol. The second-order valence-electron chi connectivity index (χ2n) is 3.72. The van der Waals surface area contributed by atoms with Gasteiger partial charge in [-0.05, 0) is 42.5 Å². The lowest BCUT2D eigenvalue weighted by Crippen LogP contribution is -2.09. The van der Waals surface area contributed by atoms with E-state index in [9.17, 15) is 5.11 Å². The van der Waals surface area contributed by atoms with Gasteiger partial charge in [-0.25, -0.2) is 0 Å². The molecule has 0 bridgehead atoms. The maximum atomic E-state index is 9.79. The second-order valence-corrected chi connectivity index (χ2v) is 3.72. The van der Waals surface area contributed by atoms with Gasteiger partial charge in [-0.3, -0.25) is 0 Å². The maximum absolute atomic E-state index is 9.79. The summed E-state index contributed by atoms with van der Waals surface area (Å²) in [4.78, 5) is 0. The van der Waals surface area contributed by atoms with Gasteiger partial charge in [-0.1, -0.05) is 6.07 Å². The van der Waals surface area contributed by atoms with Crippen molar-refractivity contribution in [2.24, 2.45) is 0 Å². The molecule has 0 saturated heterocycles. The SMILES string of the molecule is N#CCOc1ccc2c(c1)[C@@H](O)CCC2. The molecule has 0 radical (unpaired) electrons. The summed E-state index contributed by atoms with van der Waals surface area (Å²) >= 11 is 0. The first-order chi connectivity index (χ1) is 7.31. The first kappa shape index (κ1) is 10.0. The Balaban J connectivity index is 2.24. The Labute approximate surface area is 88.9 Å². The van der Waals surface area contributed by atoms with Crippen molar-refractivity contribution in [2.45, 2.75) is 25.4 Å². The Bertz CT molecular complexity index is 395. The average molecular weight is 203 g/mol. The molecule has 1 aromatic rings. The largest absolute Gasteiger partial charge is 0.479 e. The Morgan fingerprint density at radius 3 is 3.20 bits per heavy atom. The van der Waals surface area contributed by atoms with Crippen LogP contribution in [0.5, 0.6) is 5.75 Å². The third-order valence-electron chi connectivity index (χ3n) is 2.70. The van der Waals surface area contributed by atoms with E-state index in [0.717, 1.165) is 24.8 Å². The molecule has 0 heterocycles. The maximum Gasteiger partial charge on any atom is 0.174 e. The zero-order chi connectivity index (χ0) is 10.7. The van der Waals surface area contributed by atoms with E-state index in [4.69, 9.17) is 10.00 Å². The van der Waals surface area contributed by atoms with Crippen molar-refractivity contribution in [3.05, 3.63) is 29.3 Å². The molecule has 3 nitrogen and oxygen atoms in total. The van der Waals surface area contributed by atoms with Crippen LogP contribution < -0.4 is 4.74 Å². The number of aliphatic hydroxyl groups excluding tert-OH is 1. The lowest BCUT2D eigenvalue weighted by atomic mass is 9.89. The van der Waals surface area contributed by atoms with Gasteiger partial charge in [-0.2, -0.15) is 5.26 Å². The Hall–Kier alpha value is -1.53. The number of nitriles is 1. The van der Waals surface area contributed by atoms with Crippen LogP contribution in [0.3, 0.4) is 0 Å². The molecule has 15 heavy (non-hydrogen) atoms. The van der Waals surface area contributed by atoms with Crippen molar-refractivity contribution in [3.63, 3.8) is 0 Å². The topological polar surface area (TPSA) is 53.2 Å². The first-order valence-corrected chi connectivity index (χ1v) is 5.12. The lowest BCUT2D eigenvalue weighted by molar-refractivity contribution is 0.156. The van der Waals surface area contributed by atoms with Crippen molar-refractivity contribution in [1.82, 2.24) is 0 Å². The van der Waals surface area contributed by atoms with Crippen LogP contribution in [0.1, 0.15) is 30.1 Å². The van der Waals surface area contributed by atoms with Gasteiger partial charge in [0.1, 0.15) is 11.8 Å². The average Bonchev–Trinajstić information content (AvgIpc) is 2.27. The van der Waals surface area contributed by atoms with Crippen LogP contribution in [-0.2, 0) is 6.42 Å². The van der Waals surface area contributed by atoms with Crippen LogP contribution >= 0.6 is 0 Å². The Morgan fingerprint density at radius 1 is 1.53 bits per heavy atom. The van der Waals surface area contributed by atoms with E-state index in [-0.39, 0.29) is 12.7 Å². The molecule has 0 fully saturated rings. The molecule has 1 aliphatic carbocycles. The minimum Gasteiger partial charge on any atom is -0.479 e.